The molecule has 28 heavy (non-hydrogen) atoms. The second-order valence-corrected chi connectivity index (χ2v) is 9.37. The second kappa shape index (κ2) is 12.3. The molecule has 0 heterocycles. The van der Waals surface area contributed by atoms with Crippen molar-refractivity contribution in [3.8, 4) is 5.75 Å². The molecule has 8 heteroatoms. The molecule has 160 valence electrons. The van der Waals surface area contributed by atoms with Crippen molar-refractivity contribution in [3.05, 3.63) is 24.3 Å². The summed E-state index contributed by atoms with van der Waals surface area (Å²) >= 11 is 0. The monoisotopic (exact) mass is 432 g/mol. The number of carbonyl (C=O) groups excluding carboxylic acids is 1. The Morgan fingerprint density at radius 2 is 1.82 bits per heavy atom. The summed E-state index contributed by atoms with van der Waals surface area (Å²) in [6, 6.07) is 6.48. The number of unbranched alkanes of at least 4 members (excludes halogenated alkanes) is 1. The number of ether oxygens (including phenoxy) is 1. The van der Waals surface area contributed by atoms with Crippen LogP contribution in [0, 0.1) is 5.92 Å². The highest BCUT2D eigenvalue weighted by molar-refractivity contribution is 7.90. The van der Waals surface area contributed by atoms with E-state index in [0.717, 1.165) is 25.7 Å². The summed E-state index contributed by atoms with van der Waals surface area (Å²) in [5.74, 6) is 1.21. The Morgan fingerprint density at radius 1 is 1.18 bits per heavy atom. The van der Waals surface area contributed by atoms with Gasteiger partial charge in [0.1, 0.15) is 5.75 Å². The molecule has 1 unspecified atom stereocenters. The zero-order valence-corrected chi connectivity index (χ0v) is 18.2. The molecule has 1 aromatic carbocycles. The normalized spacial score (nSPS) is 16.1. The minimum atomic E-state index is -3.19. The third-order valence-corrected chi connectivity index (χ3v) is 6.27. The van der Waals surface area contributed by atoms with Crippen molar-refractivity contribution in [2.45, 2.75) is 62.3 Å². The quantitative estimate of drug-likeness (QED) is 0.553. The van der Waals surface area contributed by atoms with E-state index in [1.165, 1.54) is 37.7 Å². The first kappa shape index (κ1) is 24.7. The van der Waals surface area contributed by atoms with Crippen LogP contribution >= 0.6 is 12.4 Å². The molecule has 0 aromatic heterocycles. The number of hydrogen-bond acceptors (Lipinski definition) is 5. The lowest BCUT2D eigenvalue weighted by molar-refractivity contribution is -0.122. The van der Waals surface area contributed by atoms with Crippen molar-refractivity contribution in [1.82, 2.24) is 5.32 Å². The van der Waals surface area contributed by atoms with E-state index in [2.05, 4.69) is 5.32 Å². The molecule has 0 radical (unpaired) electrons. The average Bonchev–Trinajstić information content (AvgIpc) is 2.66. The van der Waals surface area contributed by atoms with Gasteiger partial charge < -0.3 is 15.8 Å². The molecule has 1 atom stereocenters. The van der Waals surface area contributed by atoms with E-state index in [4.69, 9.17) is 10.5 Å². The van der Waals surface area contributed by atoms with E-state index in [9.17, 15) is 13.2 Å². The summed E-state index contributed by atoms with van der Waals surface area (Å²) in [5.41, 5.74) is 5.86. The Kier molecular flexibility index (Phi) is 10.9. The topological polar surface area (TPSA) is 98.5 Å². The molecule has 1 aliphatic carbocycles. The number of sulfone groups is 1. The average molecular weight is 433 g/mol. The van der Waals surface area contributed by atoms with E-state index in [-0.39, 0.29) is 29.3 Å². The second-order valence-electron chi connectivity index (χ2n) is 7.36. The van der Waals surface area contributed by atoms with E-state index >= 15 is 0 Å². The van der Waals surface area contributed by atoms with Gasteiger partial charge in [0.25, 0.3) is 0 Å². The van der Waals surface area contributed by atoms with Gasteiger partial charge >= 0.3 is 0 Å². The summed E-state index contributed by atoms with van der Waals surface area (Å²) in [6.07, 6.45) is 9.24. The third kappa shape index (κ3) is 8.37. The van der Waals surface area contributed by atoms with Gasteiger partial charge in [-0.2, -0.15) is 0 Å². The zero-order chi connectivity index (χ0) is 19.7. The Bertz CT molecular complexity index is 689. The summed E-state index contributed by atoms with van der Waals surface area (Å²) in [7, 11) is -3.19. The van der Waals surface area contributed by atoms with Crippen LogP contribution in [0.25, 0.3) is 0 Å². The maximum Gasteiger partial charge on any atom is 0.220 e. The Balaban J connectivity index is 0.00000392. The van der Waals surface area contributed by atoms with Crippen LogP contribution in [-0.2, 0) is 14.6 Å². The third-order valence-electron chi connectivity index (χ3n) is 5.14. The molecular weight excluding hydrogens is 400 g/mol. The number of rotatable bonds is 10. The van der Waals surface area contributed by atoms with E-state index in [1.54, 1.807) is 12.1 Å². The number of nitrogens with one attached hydrogen (secondary N) is 1. The predicted octanol–water partition coefficient (Wildman–Crippen LogP) is 3.08. The lowest BCUT2D eigenvalue weighted by atomic mass is 9.84. The lowest BCUT2D eigenvalue weighted by Crippen LogP contribution is -2.45. The summed E-state index contributed by atoms with van der Waals surface area (Å²) in [4.78, 5) is 12.4. The molecule has 1 amide bonds. The number of halogens is 1. The maximum absolute atomic E-state index is 12.2. The molecular formula is C20H33ClN2O4S. The van der Waals surface area contributed by atoms with Gasteiger partial charge in [0.2, 0.25) is 5.91 Å². The number of carbonyl (C=O) groups is 1. The standard InChI is InChI=1S/C20H32N2O4S.ClH/c1-27(24,25)18-12-10-17(11-13-18)26-14-6-5-9-20(23)22-19(15-21)16-7-3-2-4-8-16;/h10-13,16,19H,2-9,14-15,21H2,1H3,(H,22,23);1H. The minimum absolute atomic E-state index is 0. The van der Waals surface area contributed by atoms with Crippen LogP contribution in [0.3, 0.4) is 0 Å². The largest absolute Gasteiger partial charge is 0.494 e. The zero-order valence-electron chi connectivity index (χ0n) is 16.6. The van der Waals surface area contributed by atoms with Gasteiger partial charge in [-0.15, -0.1) is 12.4 Å². The van der Waals surface area contributed by atoms with Crippen LogP contribution in [0.5, 0.6) is 5.75 Å². The Hall–Kier alpha value is -1.31. The first-order valence-corrected chi connectivity index (χ1v) is 11.7. The smallest absolute Gasteiger partial charge is 0.220 e. The van der Waals surface area contributed by atoms with Gasteiger partial charge in [-0.25, -0.2) is 8.42 Å². The van der Waals surface area contributed by atoms with Gasteiger partial charge in [-0.1, -0.05) is 19.3 Å². The Morgan fingerprint density at radius 3 is 2.39 bits per heavy atom. The van der Waals surface area contributed by atoms with E-state index < -0.39 is 9.84 Å². The van der Waals surface area contributed by atoms with Crippen molar-refractivity contribution < 1.29 is 17.9 Å². The first-order valence-electron chi connectivity index (χ1n) is 9.82. The van der Waals surface area contributed by atoms with Crippen LogP contribution in [0.2, 0.25) is 0 Å². The molecule has 1 fully saturated rings. The summed E-state index contributed by atoms with van der Waals surface area (Å²) in [5, 5.41) is 3.10. The van der Waals surface area contributed by atoms with Crippen LogP contribution in [0.1, 0.15) is 51.4 Å². The van der Waals surface area contributed by atoms with Crippen LogP contribution < -0.4 is 15.8 Å². The highest BCUT2D eigenvalue weighted by Crippen LogP contribution is 2.26. The summed E-state index contributed by atoms with van der Waals surface area (Å²) in [6.45, 7) is 0.997. The van der Waals surface area contributed by atoms with Gasteiger partial charge in [0, 0.05) is 25.3 Å². The van der Waals surface area contributed by atoms with Crippen LogP contribution in [0.15, 0.2) is 29.2 Å². The minimum Gasteiger partial charge on any atom is -0.494 e. The fourth-order valence-corrected chi connectivity index (χ4v) is 4.18. The molecule has 1 aliphatic rings. The molecule has 0 aliphatic heterocycles. The maximum atomic E-state index is 12.2. The van der Waals surface area contributed by atoms with Gasteiger partial charge in [-0.3, -0.25) is 4.79 Å². The Labute approximate surface area is 174 Å². The van der Waals surface area contributed by atoms with Crippen LogP contribution in [-0.4, -0.2) is 39.8 Å². The number of hydrogen-bond donors (Lipinski definition) is 2. The SMILES string of the molecule is CS(=O)(=O)c1ccc(OCCCCC(=O)NC(CN)C2CCCCC2)cc1.Cl. The van der Waals surface area contributed by atoms with Crippen molar-refractivity contribution >= 4 is 28.2 Å². The van der Waals surface area contributed by atoms with Gasteiger partial charge in [0.05, 0.1) is 11.5 Å². The summed E-state index contributed by atoms with van der Waals surface area (Å²) < 4.78 is 28.4. The van der Waals surface area contributed by atoms with Gasteiger partial charge in [0.15, 0.2) is 9.84 Å². The van der Waals surface area contributed by atoms with E-state index in [0.29, 0.717) is 31.2 Å². The fraction of sp³-hybridized carbons (Fsp3) is 0.650. The molecule has 2 rings (SSSR count). The number of benzene rings is 1. The highest BCUT2D eigenvalue weighted by Gasteiger charge is 2.23. The van der Waals surface area contributed by atoms with Crippen molar-refractivity contribution in [2.75, 3.05) is 19.4 Å². The molecule has 6 nitrogen and oxygen atoms in total. The van der Waals surface area contributed by atoms with Crippen molar-refractivity contribution in [2.24, 2.45) is 11.7 Å². The number of nitrogens with two attached hydrogens (primary N) is 1. The predicted molar refractivity (Wildman–Crippen MR) is 114 cm³/mol. The van der Waals surface area contributed by atoms with Crippen molar-refractivity contribution in [1.29, 1.82) is 0 Å². The molecule has 0 bridgehead atoms. The fourth-order valence-electron chi connectivity index (χ4n) is 3.55. The van der Waals surface area contributed by atoms with Gasteiger partial charge in [-0.05, 0) is 55.9 Å². The molecule has 0 spiro atoms. The van der Waals surface area contributed by atoms with E-state index in [1.807, 2.05) is 0 Å². The number of amides is 1. The molecule has 3 N–H and O–H groups in total. The first-order chi connectivity index (χ1) is 12.9. The molecule has 1 aromatic rings. The highest BCUT2D eigenvalue weighted by atomic mass is 35.5. The molecule has 0 saturated heterocycles. The lowest BCUT2D eigenvalue weighted by Gasteiger charge is -2.30. The molecule has 1 saturated carbocycles. The van der Waals surface area contributed by atoms with Crippen molar-refractivity contribution in [3.63, 3.8) is 0 Å². The van der Waals surface area contributed by atoms with Crippen LogP contribution in [0.4, 0.5) is 0 Å².